The van der Waals surface area contributed by atoms with E-state index in [4.69, 9.17) is 4.42 Å². The summed E-state index contributed by atoms with van der Waals surface area (Å²) in [6.45, 7) is 3.44. The molecule has 2 aromatic carbocycles. The average molecular weight is 477 g/mol. The number of nitrogens with zero attached hydrogens (tertiary/aromatic N) is 4. The average Bonchev–Trinajstić information content (AvgIpc) is 3.46. The molecule has 0 saturated carbocycles. The summed E-state index contributed by atoms with van der Waals surface area (Å²) in [5.74, 6) is 1.94. The normalized spacial score (nSPS) is 15.8. The first-order valence-corrected chi connectivity index (χ1v) is 12.8. The molecule has 0 spiro atoms. The molecular weight excluding hydrogens is 452 g/mol. The predicted octanol–water partition coefficient (Wildman–Crippen LogP) is 5.60. The van der Waals surface area contributed by atoms with Crippen molar-refractivity contribution in [2.75, 3.05) is 17.2 Å². The minimum atomic E-state index is 0.0796. The van der Waals surface area contributed by atoms with E-state index in [-0.39, 0.29) is 5.91 Å². The van der Waals surface area contributed by atoms with Gasteiger partial charge in [-0.1, -0.05) is 61.2 Å². The lowest BCUT2D eigenvalue weighted by Gasteiger charge is -2.22. The second-order valence-corrected chi connectivity index (χ2v) is 10.3. The van der Waals surface area contributed by atoms with E-state index in [0.29, 0.717) is 22.7 Å². The van der Waals surface area contributed by atoms with Gasteiger partial charge in [-0.2, -0.15) is 0 Å². The number of benzene rings is 2. The smallest absolute Gasteiger partial charge is 0.237 e. The van der Waals surface area contributed by atoms with Gasteiger partial charge in [0, 0.05) is 22.3 Å². The van der Waals surface area contributed by atoms with Crippen LogP contribution in [-0.2, 0) is 11.3 Å². The molecule has 1 amide bonds. The fourth-order valence-corrected chi connectivity index (χ4v) is 5.77. The minimum Gasteiger partial charge on any atom is -0.467 e. The maximum absolute atomic E-state index is 13.3. The van der Waals surface area contributed by atoms with E-state index < -0.39 is 0 Å². The molecule has 0 unspecified atom stereocenters. The lowest BCUT2D eigenvalue weighted by molar-refractivity contribution is -0.116. The lowest BCUT2D eigenvalue weighted by Crippen LogP contribution is -2.33. The third kappa shape index (κ3) is 4.86. The predicted molar refractivity (Wildman–Crippen MR) is 133 cm³/mol. The first-order valence-electron chi connectivity index (χ1n) is 10.9. The van der Waals surface area contributed by atoms with Gasteiger partial charge in [0.25, 0.3) is 0 Å². The van der Waals surface area contributed by atoms with Crippen molar-refractivity contribution in [2.45, 2.75) is 35.2 Å². The van der Waals surface area contributed by atoms with Crippen LogP contribution in [-0.4, -0.2) is 38.2 Å². The van der Waals surface area contributed by atoms with Gasteiger partial charge in [0.15, 0.2) is 11.0 Å². The molecule has 6 nitrogen and oxygen atoms in total. The Balaban J connectivity index is 1.38. The highest BCUT2D eigenvalue weighted by Gasteiger charge is 2.25. The summed E-state index contributed by atoms with van der Waals surface area (Å²) in [7, 11) is 0. The molecule has 1 aliphatic rings. The first kappa shape index (κ1) is 21.9. The van der Waals surface area contributed by atoms with E-state index in [1.165, 1.54) is 11.8 Å². The molecule has 0 saturated heterocycles. The number of carbonyl (C=O) groups excluding carboxylic acids is 1. The molecular formula is C25H24N4O2S2. The quantitative estimate of drug-likeness (QED) is 0.338. The zero-order valence-electron chi connectivity index (χ0n) is 18.3. The topological polar surface area (TPSA) is 64.2 Å². The molecule has 1 atom stereocenters. The zero-order chi connectivity index (χ0) is 22.6. The molecule has 8 heteroatoms. The van der Waals surface area contributed by atoms with E-state index in [9.17, 15) is 4.79 Å². The highest BCUT2D eigenvalue weighted by molar-refractivity contribution is 8.00. The van der Waals surface area contributed by atoms with E-state index in [0.717, 1.165) is 40.7 Å². The number of aromatic nitrogens is 3. The Bertz CT molecular complexity index is 1220. The summed E-state index contributed by atoms with van der Waals surface area (Å²) >= 11 is 3.25. The van der Waals surface area contributed by atoms with E-state index in [1.54, 1.807) is 6.26 Å². The summed E-state index contributed by atoms with van der Waals surface area (Å²) in [5, 5.41) is 10.0. The molecule has 2 aromatic heterocycles. The Morgan fingerprint density at radius 1 is 1.09 bits per heavy atom. The van der Waals surface area contributed by atoms with Crippen molar-refractivity contribution < 1.29 is 9.21 Å². The maximum Gasteiger partial charge on any atom is 0.237 e. The highest BCUT2D eigenvalue weighted by Crippen LogP contribution is 2.37. The van der Waals surface area contributed by atoms with Crippen LogP contribution in [0.5, 0.6) is 0 Å². The van der Waals surface area contributed by atoms with Crippen LogP contribution in [0.2, 0.25) is 0 Å². The van der Waals surface area contributed by atoms with Crippen molar-refractivity contribution >= 4 is 35.1 Å². The van der Waals surface area contributed by atoms with Crippen LogP contribution in [0.4, 0.5) is 5.69 Å². The molecule has 3 heterocycles. The molecule has 0 N–H and O–H groups in total. The number of hydrogen-bond acceptors (Lipinski definition) is 6. The molecule has 4 aromatic rings. The van der Waals surface area contributed by atoms with Crippen molar-refractivity contribution in [3.63, 3.8) is 0 Å². The largest absolute Gasteiger partial charge is 0.467 e. The molecule has 0 bridgehead atoms. The van der Waals surface area contributed by atoms with Crippen molar-refractivity contribution in [1.29, 1.82) is 0 Å². The fraction of sp³-hybridized carbons (Fsp3) is 0.240. The standard InChI is InChI=1S/C25H24N4O2S2/c1-18-13-14-28(21-11-5-6-12-22(21)33-18)23(30)17-32-25-27-26-24(19-8-3-2-4-9-19)29(25)16-20-10-7-15-31-20/h2-12,15,18H,13-14,16-17H2,1H3/t18-/m1/s1. The van der Waals surface area contributed by atoms with E-state index in [1.807, 2.05) is 81.9 Å². The van der Waals surface area contributed by atoms with Gasteiger partial charge < -0.3 is 9.32 Å². The third-order valence-electron chi connectivity index (χ3n) is 5.51. The summed E-state index contributed by atoms with van der Waals surface area (Å²) in [6, 6.07) is 21.9. The van der Waals surface area contributed by atoms with Gasteiger partial charge in [-0.3, -0.25) is 9.36 Å². The summed E-state index contributed by atoms with van der Waals surface area (Å²) < 4.78 is 7.59. The molecule has 33 heavy (non-hydrogen) atoms. The monoisotopic (exact) mass is 476 g/mol. The zero-order valence-corrected chi connectivity index (χ0v) is 19.9. The molecule has 0 radical (unpaired) electrons. The second-order valence-electron chi connectivity index (χ2n) is 7.86. The highest BCUT2D eigenvalue weighted by atomic mass is 32.2. The summed E-state index contributed by atoms with van der Waals surface area (Å²) in [6.07, 6.45) is 2.62. The van der Waals surface area contributed by atoms with Crippen LogP contribution < -0.4 is 4.90 Å². The minimum absolute atomic E-state index is 0.0796. The van der Waals surface area contributed by atoms with Crippen LogP contribution in [0.15, 0.2) is 87.5 Å². The lowest BCUT2D eigenvalue weighted by atomic mass is 10.2. The molecule has 5 rings (SSSR count). The van der Waals surface area contributed by atoms with Crippen LogP contribution in [0, 0.1) is 0 Å². The first-order chi connectivity index (χ1) is 16.2. The Kier molecular flexibility index (Phi) is 6.55. The third-order valence-corrected chi connectivity index (χ3v) is 7.70. The molecule has 0 fully saturated rings. The van der Waals surface area contributed by atoms with Crippen LogP contribution in [0.25, 0.3) is 11.4 Å². The molecule has 168 valence electrons. The number of carbonyl (C=O) groups is 1. The Morgan fingerprint density at radius 2 is 1.91 bits per heavy atom. The summed E-state index contributed by atoms with van der Waals surface area (Å²) in [4.78, 5) is 16.4. The van der Waals surface area contributed by atoms with Gasteiger partial charge in [0.2, 0.25) is 5.91 Å². The number of rotatable bonds is 6. The van der Waals surface area contributed by atoms with Crippen molar-refractivity contribution in [1.82, 2.24) is 14.8 Å². The van der Waals surface area contributed by atoms with Crippen LogP contribution >= 0.6 is 23.5 Å². The van der Waals surface area contributed by atoms with Gasteiger partial charge in [-0.25, -0.2) is 0 Å². The maximum atomic E-state index is 13.3. The van der Waals surface area contributed by atoms with Gasteiger partial charge in [0.05, 0.1) is 24.2 Å². The summed E-state index contributed by atoms with van der Waals surface area (Å²) in [5.41, 5.74) is 1.97. The Labute approximate surface area is 201 Å². The number of furan rings is 1. The number of anilines is 1. The van der Waals surface area contributed by atoms with E-state index >= 15 is 0 Å². The number of hydrogen-bond donors (Lipinski definition) is 0. The fourth-order valence-electron chi connectivity index (χ4n) is 3.85. The van der Waals surface area contributed by atoms with Gasteiger partial charge in [-0.15, -0.1) is 22.0 Å². The van der Waals surface area contributed by atoms with Crippen molar-refractivity contribution in [3.05, 3.63) is 78.8 Å². The van der Waals surface area contributed by atoms with Crippen molar-refractivity contribution in [2.24, 2.45) is 0 Å². The van der Waals surface area contributed by atoms with E-state index in [2.05, 4.69) is 23.2 Å². The van der Waals surface area contributed by atoms with Crippen LogP contribution in [0.3, 0.4) is 0 Å². The Hall–Kier alpha value is -2.97. The number of fused-ring (bicyclic) bond motifs is 1. The Morgan fingerprint density at radius 3 is 2.73 bits per heavy atom. The molecule has 0 aliphatic carbocycles. The van der Waals surface area contributed by atoms with Gasteiger partial charge in [-0.05, 0) is 30.7 Å². The SMILES string of the molecule is C[C@@H]1CCN(C(=O)CSc2nnc(-c3ccccc3)n2Cc2ccco2)c2ccccc2S1. The number of thioether (sulfide) groups is 2. The van der Waals surface area contributed by atoms with Gasteiger partial charge in [0.1, 0.15) is 5.76 Å². The van der Waals surface area contributed by atoms with Crippen LogP contribution in [0.1, 0.15) is 19.1 Å². The second kappa shape index (κ2) is 9.89. The van der Waals surface area contributed by atoms with Gasteiger partial charge >= 0.3 is 0 Å². The molecule has 1 aliphatic heterocycles. The van der Waals surface area contributed by atoms with Crippen molar-refractivity contribution in [3.8, 4) is 11.4 Å². The number of para-hydroxylation sites is 1. The number of amides is 1.